The predicted octanol–water partition coefficient (Wildman–Crippen LogP) is 5.02. The summed E-state index contributed by atoms with van der Waals surface area (Å²) in [6, 6.07) is 0. The summed E-state index contributed by atoms with van der Waals surface area (Å²) in [6.45, 7) is 6.70. The molecular weight excluding hydrogens is 331 g/mol. The molecule has 0 saturated heterocycles. The number of carbonyl (C=O) groups is 1. The minimum absolute atomic E-state index is 0.763. The molecule has 0 bridgehead atoms. The van der Waals surface area contributed by atoms with Crippen LogP contribution in [0.1, 0.15) is 59.3 Å². The number of aliphatic carboxylic acids is 1. The van der Waals surface area contributed by atoms with Gasteiger partial charge in [0.25, 0.3) is 0 Å². The molecule has 18 heavy (non-hydrogen) atoms. The molecule has 0 fully saturated rings. The van der Waals surface area contributed by atoms with E-state index in [4.69, 9.17) is 5.11 Å². The molecule has 0 amide bonds. The molecule has 0 aliphatic heterocycles. The molecule has 106 valence electrons. The van der Waals surface area contributed by atoms with Crippen LogP contribution in [0.3, 0.4) is 0 Å². The fourth-order valence-corrected chi connectivity index (χ4v) is 16.5. The molecule has 0 rings (SSSR count). The van der Waals surface area contributed by atoms with E-state index in [0.29, 0.717) is 0 Å². The molecule has 0 aliphatic rings. The molecule has 2 nitrogen and oxygen atoms in total. The monoisotopic (exact) mass is 362 g/mol. The SMILES string of the molecule is CCC[CH2][Sn](/[CH]=C\C(=O)O)([CH2]CCC)[CH2]CCC. The Bertz CT molecular complexity index is 227. The first kappa shape index (κ1) is 18.0. The number of hydrogen-bond donors (Lipinski definition) is 1. The van der Waals surface area contributed by atoms with Crippen molar-refractivity contribution in [2.75, 3.05) is 0 Å². The Balaban J connectivity index is 4.78. The van der Waals surface area contributed by atoms with Gasteiger partial charge in [0.1, 0.15) is 0 Å². The standard InChI is InChI=1S/3C4H9.C3H3O2.Sn/c3*1-3-4-2;1-2-3(4)5;/h3*1,3-4H2,2H3;1-2H,(H,4,5);. The summed E-state index contributed by atoms with van der Waals surface area (Å²) in [5.41, 5.74) is 0. The van der Waals surface area contributed by atoms with Gasteiger partial charge in [0.2, 0.25) is 0 Å². The Morgan fingerprint density at radius 3 is 1.61 bits per heavy atom. The topological polar surface area (TPSA) is 37.3 Å². The van der Waals surface area contributed by atoms with Crippen molar-refractivity contribution in [1.29, 1.82) is 0 Å². The van der Waals surface area contributed by atoms with Crippen molar-refractivity contribution >= 4 is 24.3 Å². The second-order valence-electron chi connectivity index (χ2n) is 5.34. The van der Waals surface area contributed by atoms with Gasteiger partial charge in [-0.2, -0.15) is 0 Å². The molecule has 0 aliphatic carbocycles. The normalized spacial score (nSPS) is 12.2. The van der Waals surface area contributed by atoms with Gasteiger partial charge in [-0.3, -0.25) is 0 Å². The molecule has 0 atom stereocenters. The van der Waals surface area contributed by atoms with E-state index in [-0.39, 0.29) is 0 Å². The average Bonchev–Trinajstić information content (AvgIpc) is 2.37. The van der Waals surface area contributed by atoms with E-state index >= 15 is 0 Å². The summed E-state index contributed by atoms with van der Waals surface area (Å²) in [5, 5.41) is 8.90. The van der Waals surface area contributed by atoms with Gasteiger partial charge in [0, 0.05) is 0 Å². The molecule has 0 saturated carbocycles. The van der Waals surface area contributed by atoms with Crippen LogP contribution in [0.2, 0.25) is 13.3 Å². The van der Waals surface area contributed by atoms with Crippen LogP contribution in [0.25, 0.3) is 0 Å². The Kier molecular flexibility index (Phi) is 10.9. The van der Waals surface area contributed by atoms with Crippen LogP contribution in [-0.2, 0) is 4.79 Å². The molecular formula is C15H30O2Sn. The maximum absolute atomic E-state index is 10.8. The molecule has 0 heterocycles. The van der Waals surface area contributed by atoms with Crippen molar-refractivity contribution in [2.24, 2.45) is 0 Å². The zero-order valence-corrected chi connectivity index (χ0v) is 15.2. The summed E-state index contributed by atoms with van der Waals surface area (Å²) in [6.07, 6.45) is 9.01. The molecule has 1 N–H and O–H groups in total. The summed E-state index contributed by atoms with van der Waals surface area (Å²) in [4.78, 5) is 10.8. The second-order valence-corrected chi connectivity index (χ2v) is 18.4. The van der Waals surface area contributed by atoms with Gasteiger partial charge >= 0.3 is 117 Å². The van der Waals surface area contributed by atoms with E-state index in [1.54, 1.807) is 0 Å². The van der Waals surface area contributed by atoms with Crippen LogP contribution in [0, 0.1) is 0 Å². The third-order valence-electron chi connectivity index (χ3n) is 3.66. The number of carboxylic acid groups (broad SMARTS) is 1. The molecule has 0 unspecified atom stereocenters. The third kappa shape index (κ3) is 8.17. The fraction of sp³-hybridized carbons (Fsp3) is 0.800. The third-order valence-corrected chi connectivity index (χ3v) is 17.7. The second kappa shape index (κ2) is 10.9. The van der Waals surface area contributed by atoms with Gasteiger partial charge in [-0.15, -0.1) is 0 Å². The first-order valence-electron chi connectivity index (χ1n) is 7.52. The first-order valence-corrected chi connectivity index (χ1v) is 15.2. The van der Waals surface area contributed by atoms with Crippen molar-refractivity contribution < 1.29 is 9.90 Å². The van der Waals surface area contributed by atoms with E-state index < -0.39 is 24.3 Å². The van der Waals surface area contributed by atoms with Crippen LogP contribution in [0.4, 0.5) is 0 Å². The summed E-state index contributed by atoms with van der Waals surface area (Å²) >= 11 is -2.31. The first-order chi connectivity index (χ1) is 8.60. The zero-order valence-electron chi connectivity index (χ0n) is 12.4. The van der Waals surface area contributed by atoms with Gasteiger partial charge in [-0.25, -0.2) is 0 Å². The molecule has 0 aromatic rings. The number of hydrogen-bond acceptors (Lipinski definition) is 1. The Labute approximate surface area is 117 Å². The summed E-state index contributed by atoms with van der Waals surface area (Å²) in [7, 11) is 0. The van der Waals surface area contributed by atoms with Crippen LogP contribution >= 0.6 is 0 Å². The van der Waals surface area contributed by atoms with Crippen molar-refractivity contribution in [3.8, 4) is 0 Å². The van der Waals surface area contributed by atoms with Crippen LogP contribution < -0.4 is 0 Å². The van der Waals surface area contributed by atoms with Crippen molar-refractivity contribution in [1.82, 2.24) is 0 Å². The molecule has 0 aromatic carbocycles. The minimum atomic E-state index is -2.31. The Morgan fingerprint density at radius 1 is 0.944 bits per heavy atom. The number of rotatable bonds is 11. The van der Waals surface area contributed by atoms with Crippen molar-refractivity contribution in [3.63, 3.8) is 0 Å². The summed E-state index contributed by atoms with van der Waals surface area (Å²) < 4.78 is 6.22. The average molecular weight is 361 g/mol. The van der Waals surface area contributed by atoms with Crippen molar-refractivity contribution in [3.05, 3.63) is 10.2 Å². The van der Waals surface area contributed by atoms with Crippen molar-refractivity contribution in [2.45, 2.75) is 72.6 Å². The number of unbranched alkanes of at least 4 members (excludes halogenated alkanes) is 3. The number of carboxylic acids is 1. The van der Waals surface area contributed by atoms with Gasteiger partial charge in [-0.1, -0.05) is 0 Å². The summed E-state index contributed by atoms with van der Waals surface area (Å²) in [5.74, 6) is -0.763. The fourth-order valence-electron chi connectivity index (χ4n) is 2.46. The van der Waals surface area contributed by atoms with Gasteiger partial charge in [0.05, 0.1) is 0 Å². The van der Waals surface area contributed by atoms with E-state index in [2.05, 4.69) is 24.9 Å². The van der Waals surface area contributed by atoms with Crippen LogP contribution in [0.5, 0.6) is 0 Å². The molecule has 0 aromatic heterocycles. The predicted molar refractivity (Wildman–Crippen MR) is 81.7 cm³/mol. The van der Waals surface area contributed by atoms with Crippen LogP contribution in [0.15, 0.2) is 10.2 Å². The maximum atomic E-state index is 10.8. The van der Waals surface area contributed by atoms with Crippen LogP contribution in [-0.4, -0.2) is 29.5 Å². The zero-order chi connectivity index (χ0) is 13.9. The van der Waals surface area contributed by atoms with E-state index in [1.165, 1.54) is 57.9 Å². The Hall–Kier alpha value is 0.00870. The van der Waals surface area contributed by atoms with E-state index in [0.717, 1.165) is 0 Å². The van der Waals surface area contributed by atoms with Gasteiger partial charge in [-0.05, 0) is 0 Å². The Morgan fingerprint density at radius 2 is 1.33 bits per heavy atom. The molecule has 0 radical (unpaired) electrons. The molecule has 3 heteroatoms. The van der Waals surface area contributed by atoms with E-state index in [1.807, 2.05) is 0 Å². The molecule has 0 spiro atoms. The van der Waals surface area contributed by atoms with E-state index in [9.17, 15) is 4.79 Å². The van der Waals surface area contributed by atoms with Gasteiger partial charge in [0.15, 0.2) is 0 Å². The van der Waals surface area contributed by atoms with Gasteiger partial charge < -0.3 is 0 Å². The quantitative estimate of drug-likeness (QED) is 0.415.